The highest BCUT2D eigenvalue weighted by atomic mass is 35.5. The highest BCUT2D eigenvalue weighted by molar-refractivity contribution is 7.92. The van der Waals surface area contributed by atoms with Crippen molar-refractivity contribution in [3.63, 3.8) is 0 Å². The van der Waals surface area contributed by atoms with Crippen LogP contribution in [0, 0.1) is 0 Å². The molecule has 3 aromatic rings. The third-order valence-electron chi connectivity index (χ3n) is 6.60. The number of benzene rings is 3. The van der Waals surface area contributed by atoms with E-state index in [1.807, 2.05) is 6.92 Å². The fraction of sp³-hybridized carbons (Fsp3) is 0.333. The van der Waals surface area contributed by atoms with E-state index < -0.39 is 28.5 Å². The molecule has 0 spiro atoms. The molecule has 0 saturated heterocycles. The van der Waals surface area contributed by atoms with Crippen molar-refractivity contribution in [2.24, 2.45) is 0 Å². The Balaban J connectivity index is 2.03. The van der Waals surface area contributed by atoms with E-state index in [1.165, 1.54) is 37.3 Å². The molecule has 0 aliphatic carbocycles. The first-order chi connectivity index (χ1) is 20.0. The van der Waals surface area contributed by atoms with Gasteiger partial charge in [0.15, 0.2) is 11.5 Å². The van der Waals surface area contributed by atoms with Crippen LogP contribution in [-0.2, 0) is 26.2 Å². The van der Waals surface area contributed by atoms with E-state index >= 15 is 0 Å². The van der Waals surface area contributed by atoms with Gasteiger partial charge in [0.1, 0.15) is 12.6 Å². The van der Waals surface area contributed by atoms with Gasteiger partial charge in [0.25, 0.3) is 10.0 Å². The Labute approximate surface area is 257 Å². The van der Waals surface area contributed by atoms with Crippen LogP contribution in [0.5, 0.6) is 11.5 Å². The summed E-state index contributed by atoms with van der Waals surface area (Å²) in [6, 6.07) is 16.5. The normalized spacial score (nSPS) is 11.9. The van der Waals surface area contributed by atoms with Crippen molar-refractivity contribution in [3.8, 4) is 11.5 Å². The molecule has 1 atom stereocenters. The lowest BCUT2D eigenvalue weighted by Gasteiger charge is -2.32. The largest absolute Gasteiger partial charge is 0.493 e. The first-order valence-electron chi connectivity index (χ1n) is 13.3. The standard InChI is InChI=1S/C30H35Cl2N3O6S/c1-5-6-16-33-30(37)21(2)34(19-22-12-14-25(31)26(32)17-22)29(36)20-35(23-10-8-7-9-11-23)42(38,39)24-13-15-27(40-3)28(18-24)41-4/h7-15,17-18,21H,5-6,16,19-20H2,1-4H3,(H,33,37)/t21-/m1/s1. The van der Waals surface area contributed by atoms with Crippen LogP contribution >= 0.6 is 23.2 Å². The zero-order chi connectivity index (χ0) is 30.9. The number of carbonyl (C=O) groups is 2. The fourth-order valence-electron chi connectivity index (χ4n) is 4.18. The zero-order valence-electron chi connectivity index (χ0n) is 24.0. The number of halogens is 2. The third-order valence-corrected chi connectivity index (χ3v) is 9.11. The number of nitrogens with one attached hydrogen (secondary N) is 1. The molecule has 0 fully saturated rings. The van der Waals surface area contributed by atoms with E-state index in [9.17, 15) is 18.0 Å². The minimum absolute atomic E-state index is 0.00285. The molecule has 0 aliphatic rings. The minimum Gasteiger partial charge on any atom is -0.493 e. The second-order valence-electron chi connectivity index (χ2n) is 9.45. The lowest BCUT2D eigenvalue weighted by atomic mass is 10.1. The molecular formula is C30H35Cl2N3O6S. The molecule has 0 saturated carbocycles. The van der Waals surface area contributed by atoms with Gasteiger partial charge in [-0.2, -0.15) is 0 Å². The summed E-state index contributed by atoms with van der Waals surface area (Å²) in [6.07, 6.45) is 1.67. The molecular weight excluding hydrogens is 601 g/mol. The highest BCUT2D eigenvalue weighted by Gasteiger charge is 2.33. The Hall–Kier alpha value is -3.47. The Morgan fingerprint density at radius 1 is 0.929 bits per heavy atom. The van der Waals surface area contributed by atoms with E-state index in [-0.39, 0.29) is 28.8 Å². The molecule has 1 N–H and O–H groups in total. The number of anilines is 1. The van der Waals surface area contributed by atoms with Crippen LogP contribution in [-0.4, -0.2) is 58.5 Å². The molecule has 3 aromatic carbocycles. The van der Waals surface area contributed by atoms with Crippen LogP contribution in [0.15, 0.2) is 71.6 Å². The van der Waals surface area contributed by atoms with Crippen molar-refractivity contribution in [1.29, 1.82) is 0 Å². The smallest absolute Gasteiger partial charge is 0.264 e. The van der Waals surface area contributed by atoms with Crippen LogP contribution in [0.25, 0.3) is 0 Å². The van der Waals surface area contributed by atoms with Gasteiger partial charge in [0.2, 0.25) is 11.8 Å². The van der Waals surface area contributed by atoms with Crippen LogP contribution in [0.1, 0.15) is 32.3 Å². The van der Waals surface area contributed by atoms with Crippen molar-refractivity contribution >= 4 is 50.7 Å². The number of hydrogen-bond donors (Lipinski definition) is 1. The van der Waals surface area contributed by atoms with E-state index in [0.717, 1.165) is 17.1 Å². The lowest BCUT2D eigenvalue weighted by molar-refractivity contribution is -0.139. The number of rotatable bonds is 14. The molecule has 12 heteroatoms. The summed E-state index contributed by atoms with van der Waals surface area (Å²) in [5.74, 6) is -0.371. The molecule has 0 aromatic heterocycles. The Bertz CT molecular complexity index is 1490. The fourth-order valence-corrected chi connectivity index (χ4v) is 5.93. The maximum absolute atomic E-state index is 14.0. The van der Waals surface area contributed by atoms with Crippen molar-refractivity contribution in [2.75, 3.05) is 31.6 Å². The maximum atomic E-state index is 14.0. The molecule has 0 aliphatic heterocycles. The molecule has 9 nitrogen and oxygen atoms in total. The van der Waals surface area contributed by atoms with E-state index in [4.69, 9.17) is 32.7 Å². The first-order valence-corrected chi connectivity index (χ1v) is 15.5. The number of methoxy groups -OCH3 is 2. The predicted molar refractivity (Wildman–Crippen MR) is 165 cm³/mol. The number of unbranched alkanes of at least 4 members (excludes halogenated alkanes) is 1. The second kappa shape index (κ2) is 15.1. The molecule has 226 valence electrons. The quantitative estimate of drug-likeness (QED) is 0.233. The van der Waals surface area contributed by atoms with Gasteiger partial charge in [-0.3, -0.25) is 13.9 Å². The number of hydrogen-bond acceptors (Lipinski definition) is 6. The van der Waals surface area contributed by atoms with Gasteiger partial charge in [-0.25, -0.2) is 8.42 Å². The van der Waals surface area contributed by atoms with Crippen LogP contribution in [0.2, 0.25) is 10.0 Å². The maximum Gasteiger partial charge on any atom is 0.264 e. The van der Waals surface area contributed by atoms with Crippen LogP contribution in [0.3, 0.4) is 0 Å². The van der Waals surface area contributed by atoms with Gasteiger partial charge in [-0.1, -0.05) is 60.8 Å². The topological polar surface area (TPSA) is 105 Å². The summed E-state index contributed by atoms with van der Waals surface area (Å²) >= 11 is 12.3. The van der Waals surface area contributed by atoms with E-state index in [2.05, 4.69) is 5.32 Å². The summed E-state index contributed by atoms with van der Waals surface area (Å²) in [7, 11) is -1.43. The molecule has 42 heavy (non-hydrogen) atoms. The van der Waals surface area contributed by atoms with Gasteiger partial charge in [0.05, 0.1) is 34.8 Å². The van der Waals surface area contributed by atoms with Crippen molar-refractivity contribution in [3.05, 3.63) is 82.3 Å². The number of sulfonamides is 1. The number of amides is 2. The van der Waals surface area contributed by atoms with Crippen molar-refractivity contribution in [2.45, 2.75) is 44.2 Å². The van der Waals surface area contributed by atoms with Crippen molar-refractivity contribution < 1.29 is 27.5 Å². The van der Waals surface area contributed by atoms with Gasteiger partial charge in [0, 0.05) is 19.2 Å². The van der Waals surface area contributed by atoms with Gasteiger partial charge < -0.3 is 19.7 Å². The molecule has 0 heterocycles. The van der Waals surface area contributed by atoms with Crippen molar-refractivity contribution in [1.82, 2.24) is 10.2 Å². The predicted octanol–water partition coefficient (Wildman–Crippen LogP) is 5.54. The molecule has 0 unspecified atom stereocenters. The monoisotopic (exact) mass is 635 g/mol. The number of nitrogens with zero attached hydrogens (tertiary/aromatic N) is 2. The van der Waals surface area contributed by atoms with Gasteiger partial charge >= 0.3 is 0 Å². The molecule has 0 bridgehead atoms. The molecule has 3 rings (SSSR count). The Kier molecular flexibility index (Phi) is 11.9. The zero-order valence-corrected chi connectivity index (χ0v) is 26.3. The first kappa shape index (κ1) is 33.0. The summed E-state index contributed by atoms with van der Waals surface area (Å²) < 4.78 is 39.6. The third kappa shape index (κ3) is 8.08. The number of carbonyl (C=O) groups excluding carboxylic acids is 2. The van der Waals surface area contributed by atoms with Crippen LogP contribution in [0.4, 0.5) is 5.69 Å². The molecule has 2 amide bonds. The van der Waals surface area contributed by atoms with Gasteiger partial charge in [-0.15, -0.1) is 0 Å². The Morgan fingerprint density at radius 3 is 2.24 bits per heavy atom. The SMILES string of the molecule is CCCCNC(=O)[C@@H](C)N(Cc1ccc(Cl)c(Cl)c1)C(=O)CN(c1ccccc1)S(=O)(=O)c1ccc(OC)c(OC)c1. The second-order valence-corrected chi connectivity index (χ2v) is 12.1. The molecule has 0 radical (unpaired) electrons. The minimum atomic E-state index is -4.28. The van der Waals surface area contributed by atoms with Gasteiger partial charge in [-0.05, 0) is 55.3 Å². The number of ether oxygens (including phenoxy) is 2. The average Bonchev–Trinajstić information content (AvgIpc) is 2.99. The van der Waals surface area contributed by atoms with E-state index in [1.54, 1.807) is 55.5 Å². The summed E-state index contributed by atoms with van der Waals surface area (Å²) in [5.41, 5.74) is 0.898. The number of para-hydroxylation sites is 1. The Morgan fingerprint density at radius 2 is 1.62 bits per heavy atom. The average molecular weight is 637 g/mol. The summed E-state index contributed by atoms with van der Waals surface area (Å²) in [5, 5.41) is 3.49. The highest BCUT2D eigenvalue weighted by Crippen LogP contribution is 2.32. The van der Waals surface area contributed by atoms with Crippen LogP contribution < -0.4 is 19.1 Å². The summed E-state index contributed by atoms with van der Waals surface area (Å²) in [6.45, 7) is 3.49. The summed E-state index contributed by atoms with van der Waals surface area (Å²) in [4.78, 5) is 28.3. The van der Waals surface area contributed by atoms with E-state index in [0.29, 0.717) is 27.9 Å². The lowest BCUT2D eigenvalue weighted by Crippen LogP contribution is -2.51.